The van der Waals surface area contributed by atoms with Crippen LogP contribution in [0.1, 0.15) is 29.9 Å². The van der Waals surface area contributed by atoms with Gasteiger partial charge in [0.15, 0.2) is 5.82 Å². The number of thioether (sulfide) groups is 1. The van der Waals surface area contributed by atoms with Crippen molar-refractivity contribution in [1.29, 1.82) is 0 Å². The van der Waals surface area contributed by atoms with Crippen LogP contribution in [-0.2, 0) is 11.2 Å². The first-order valence-corrected chi connectivity index (χ1v) is 10.4. The van der Waals surface area contributed by atoms with E-state index in [0.29, 0.717) is 22.3 Å². The minimum atomic E-state index is -0.541. The van der Waals surface area contributed by atoms with Gasteiger partial charge < -0.3 is 10.7 Å². The molecule has 0 bridgehead atoms. The average molecular weight is 432 g/mol. The summed E-state index contributed by atoms with van der Waals surface area (Å²) in [5, 5.41) is 12.0. The number of aromatic nitrogens is 3. The largest absolute Gasteiger partial charge is 0.325 e. The lowest BCUT2D eigenvalue weighted by atomic mass is 10.0. The molecular weight excluding hydrogens is 413 g/mol. The van der Waals surface area contributed by atoms with Gasteiger partial charge in [-0.2, -0.15) is 0 Å². The van der Waals surface area contributed by atoms with E-state index in [0.717, 1.165) is 17.0 Å². The highest BCUT2D eigenvalue weighted by molar-refractivity contribution is 8.00. The zero-order chi connectivity index (χ0) is 20.5. The number of fused-ring (bicyclic) bond motifs is 1. The van der Waals surface area contributed by atoms with Gasteiger partial charge in [-0.15, -0.1) is 10.2 Å². The van der Waals surface area contributed by atoms with E-state index < -0.39 is 11.3 Å². The van der Waals surface area contributed by atoms with Crippen molar-refractivity contribution in [3.8, 4) is 0 Å². The van der Waals surface area contributed by atoms with Crippen molar-refractivity contribution in [2.75, 3.05) is 10.7 Å². The molecule has 2 aromatic carbocycles. The third-order valence-electron chi connectivity index (χ3n) is 4.83. The van der Waals surface area contributed by atoms with Crippen LogP contribution in [0.3, 0.4) is 0 Å². The molecule has 0 saturated heterocycles. The standard InChI is InChI=1S/C20H19ClFN5OS/c1-3-16-24-25-20-27(16)26-17(12-7-9-13(22)10-8-12)18(29-20)19(28)23-15-6-4-5-14(21)11(15)2/h4-10,17-18,26H,3H2,1-2H3,(H,23,28)/t17-,18+/m1/s1. The molecule has 0 radical (unpaired) electrons. The molecule has 1 amide bonds. The summed E-state index contributed by atoms with van der Waals surface area (Å²) in [5.74, 6) is 0.241. The molecule has 9 heteroatoms. The second kappa shape index (κ2) is 8.04. The number of amides is 1. The van der Waals surface area contributed by atoms with Crippen molar-refractivity contribution in [1.82, 2.24) is 14.9 Å². The predicted molar refractivity (Wildman–Crippen MR) is 112 cm³/mol. The van der Waals surface area contributed by atoms with Gasteiger partial charge >= 0.3 is 0 Å². The normalized spacial score (nSPS) is 18.1. The topological polar surface area (TPSA) is 71.8 Å². The van der Waals surface area contributed by atoms with Crippen molar-refractivity contribution < 1.29 is 9.18 Å². The average Bonchev–Trinajstić information content (AvgIpc) is 3.13. The number of benzene rings is 2. The highest BCUT2D eigenvalue weighted by Crippen LogP contribution is 2.38. The maximum atomic E-state index is 13.4. The highest BCUT2D eigenvalue weighted by atomic mass is 35.5. The fourth-order valence-electron chi connectivity index (χ4n) is 3.19. The first-order valence-electron chi connectivity index (χ1n) is 9.17. The molecule has 29 heavy (non-hydrogen) atoms. The number of rotatable bonds is 4. The van der Waals surface area contributed by atoms with Crippen LogP contribution in [0.4, 0.5) is 10.1 Å². The quantitative estimate of drug-likeness (QED) is 0.643. The van der Waals surface area contributed by atoms with Crippen LogP contribution in [0, 0.1) is 12.7 Å². The molecule has 0 saturated carbocycles. The van der Waals surface area contributed by atoms with Crippen LogP contribution < -0.4 is 10.7 Å². The Hall–Kier alpha value is -2.58. The van der Waals surface area contributed by atoms with Gasteiger partial charge in [-0.1, -0.05) is 48.5 Å². The molecular formula is C20H19ClFN5OS. The van der Waals surface area contributed by atoms with Crippen LogP contribution in [0.2, 0.25) is 5.02 Å². The fraction of sp³-hybridized carbons (Fsp3) is 0.250. The van der Waals surface area contributed by atoms with Crippen LogP contribution >= 0.6 is 23.4 Å². The Bertz CT molecular complexity index is 1060. The smallest absolute Gasteiger partial charge is 0.240 e. The number of aryl methyl sites for hydroxylation is 1. The zero-order valence-electron chi connectivity index (χ0n) is 15.8. The third kappa shape index (κ3) is 3.82. The number of nitrogens with one attached hydrogen (secondary N) is 2. The Kier molecular flexibility index (Phi) is 5.47. The molecule has 4 rings (SSSR count). The SMILES string of the molecule is CCc1nnc2n1N[C@H](c1ccc(F)cc1)[C@@H](C(=O)Nc1cccc(Cl)c1C)S2. The second-order valence-corrected chi connectivity index (χ2v) is 8.20. The van der Waals surface area contributed by atoms with Crippen molar-refractivity contribution in [3.63, 3.8) is 0 Å². The maximum absolute atomic E-state index is 13.4. The summed E-state index contributed by atoms with van der Waals surface area (Å²) in [5.41, 5.74) is 5.58. The van der Waals surface area contributed by atoms with Gasteiger partial charge in [-0.3, -0.25) is 4.79 Å². The number of hydrogen-bond donors (Lipinski definition) is 2. The van der Waals surface area contributed by atoms with E-state index in [2.05, 4.69) is 20.9 Å². The van der Waals surface area contributed by atoms with Gasteiger partial charge in [0.25, 0.3) is 0 Å². The van der Waals surface area contributed by atoms with Crippen molar-refractivity contribution in [2.45, 2.75) is 36.7 Å². The molecule has 2 atom stereocenters. The van der Waals surface area contributed by atoms with Crippen molar-refractivity contribution >= 4 is 35.0 Å². The predicted octanol–water partition coefficient (Wildman–Crippen LogP) is 4.34. The number of carbonyl (C=O) groups excluding carboxylic acids is 1. The number of nitrogens with zero attached hydrogens (tertiary/aromatic N) is 3. The first-order chi connectivity index (χ1) is 14.0. The molecule has 0 spiro atoms. The minimum absolute atomic E-state index is 0.200. The van der Waals surface area contributed by atoms with E-state index in [1.807, 2.05) is 19.9 Å². The molecule has 0 unspecified atom stereocenters. The first kappa shape index (κ1) is 19.7. The lowest BCUT2D eigenvalue weighted by molar-refractivity contribution is -0.116. The Morgan fingerprint density at radius 3 is 2.76 bits per heavy atom. The molecule has 1 aliphatic heterocycles. The van der Waals surface area contributed by atoms with Crippen molar-refractivity contribution in [2.24, 2.45) is 0 Å². The van der Waals surface area contributed by atoms with E-state index >= 15 is 0 Å². The molecule has 6 nitrogen and oxygen atoms in total. The summed E-state index contributed by atoms with van der Waals surface area (Å²) in [4.78, 5) is 13.2. The monoisotopic (exact) mass is 431 g/mol. The van der Waals surface area contributed by atoms with Crippen LogP contribution in [0.25, 0.3) is 0 Å². The Balaban J connectivity index is 1.69. The number of hydrogen-bond acceptors (Lipinski definition) is 5. The molecule has 0 fully saturated rings. The summed E-state index contributed by atoms with van der Waals surface area (Å²) in [6, 6.07) is 11.1. The molecule has 1 aliphatic rings. The number of carbonyl (C=O) groups is 1. The molecule has 2 heterocycles. The summed E-state index contributed by atoms with van der Waals surface area (Å²) in [7, 11) is 0. The zero-order valence-corrected chi connectivity index (χ0v) is 17.4. The van der Waals surface area contributed by atoms with E-state index in [4.69, 9.17) is 11.6 Å². The van der Waals surface area contributed by atoms with Gasteiger partial charge in [0.05, 0.1) is 6.04 Å². The summed E-state index contributed by atoms with van der Waals surface area (Å²) < 4.78 is 15.2. The van der Waals surface area contributed by atoms with E-state index in [1.54, 1.807) is 28.9 Å². The molecule has 1 aromatic heterocycles. The summed E-state index contributed by atoms with van der Waals surface area (Å²) in [6.45, 7) is 3.84. The lowest BCUT2D eigenvalue weighted by Crippen LogP contribution is -2.41. The summed E-state index contributed by atoms with van der Waals surface area (Å²) in [6.07, 6.45) is 0.690. The number of anilines is 1. The molecule has 0 aliphatic carbocycles. The second-order valence-electron chi connectivity index (χ2n) is 6.69. The van der Waals surface area contributed by atoms with Crippen LogP contribution in [0.5, 0.6) is 0 Å². The minimum Gasteiger partial charge on any atom is -0.325 e. The van der Waals surface area contributed by atoms with Gasteiger partial charge in [0.1, 0.15) is 11.1 Å². The lowest BCUT2D eigenvalue weighted by Gasteiger charge is -2.33. The van der Waals surface area contributed by atoms with Gasteiger partial charge in [0.2, 0.25) is 11.1 Å². The van der Waals surface area contributed by atoms with Crippen molar-refractivity contribution in [3.05, 3.63) is 70.3 Å². The van der Waals surface area contributed by atoms with Gasteiger partial charge in [0, 0.05) is 17.1 Å². The highest BCUT2D eigenvalue weighted by Gasteiger charge is 2.37. The Labute approximate surface area is 176 Å². The van der Waals surface area contributed by atoms with E-state index in [-0.39, 0.29) is 11.7 Å². The Morgan fingerprint density at radius 1 is 1.28 bits per heavy atom. The molecule has 3 aromatic rings. The van der Waals surface area contributed by atoms with Gasteiger partial charge in [-0.05, 0) is 42.3 Å². The third-order valence-corrected chi connectivity index (χ3v) is 6.46. The fourth-order valence-corrected chi connectivity index (χ4v) is 4.47. The van der Waals surface area contributed by atoms with Crippen LogP contribution in [-0.4, -0.2) is 26.0 Å². The van der Waals surface area contributed by atoms with E-state index in [9.17, 15) is 9.18 Å². The Morgan fingerprint density at radius 2 is 2.03 bits per heavy atom. The molecule has 150 valence electrons. The number of halogens is 2. The van der Waals surface area contributed by atoms with E-state index in [1.165, 1.54) is 23.9 Å². The van der Waals surface area contributed by atoms with Crippen LogP contribution in [0.15, 0.2) is 47.6 Å². The maximum Gasteiger partial charge on any atom is 0.240 e. The summed E-state index contributed by atoms with van der Waals surface area (Å²) >= 11 is 7.51. The molecule has 2 N–H and O–H groups in total. The van der Waals surface area contributed by atoms with Gasteiger partial charge in [-0.25, -0.2) is 9.07 Å².